The Morgan fingerprint density at radius 3 is 1.07 bits per heavy atom. The van der Waals surface area contributed by atoms with Crippen molar-refractivity contribution < 1.29 is 86.3 Å². The van der Waals surface area contributed by atoms with Crippen LogP contribution in [0.25, 0.3) is 0 Å². The van der Waals surface area contributed by atoms with E-state index in [0.717, 1.165) is 12.8 Å². The Morgan fingerprint density at radius 2 is 0.756 bits per heavy atom. The fourth-order valence-corrected chi connectivity index (χ4v) is 10.9. The lowest BCUT2D eigenvalue weighted by atomic mass is 9.90. The number of benzene rings is 6. The maximum absolute atomic E-state index is 14.2. The van der Waals surface area contributed by atoms with Crippen molar-refractivity contribution in [2.45, 2.75) is 91.1 Å². The Morgan fingerprint density at radius 1 is 0.456 bits per heavy atom. The monoisotopic (exact) mass is 1230 g/mol. The summed E-state index contributed by atoms with van der Waals surface area (Å²) >= 11 is 0. The SMILES string of the molecule is CCOC(=O)COc1c2cccc1Cc1cc3cc(c1OCC(=O)OCC)Cc1cccc(c1OCC(=O)OCC)Cc1cc(cc(c1OCC(=O)OCC)C2)NC(=O)COc1cccc(c1O)C=NC1CCCCC1N=Cc1cccc(c1O)OCC(=O)N3. The number of aromatic hydroxyl groups is 2. The zero-order valence-electron chi connectivity index (χ0n) is 50.6. The fourth-order valence-electron chi connectivity index (χ4n) is 10.9. The van der Waals surface area contributed by atoms with Crippen LogP contribution in [0.3, 0.4) is 0 Å². The van der Waals surface area contributed by atoms with E-state index >= 15 is 0 Å². The molecule has 2 atom stereocenters. The molecule has 6 aromatic rings. The van der Waals surface area contributed by atoms with Crippen molar-refractivity contribution in [3.05, 3.63) is 153 Å². The van der Waals surface area contributed by atoms with Gasteiger partial charge in [0.05, 0.1) is 38.5 Å². The Labute approximate surface area is 520 Å². The van der Waals surface area contributed by atoms with Gasteiger partial charge in [0.25, 0.3) is 11.8 Å². The van der Waals surface area contributed by atoms with Crippen LogP contribution in [0.15, 0.2) is 107 Å². The summed E-state index contributed by atoms with van der Waals surface area (Å²) < 4.78 is 59.2. The first kappa shape index (κ1) is 64.4. The minimum Gasteiger partial charge on any atom is -0.504 e. The van der Waals surface area contributed by atoms with E-state index in [0.29, 0.717) is 68.5 Å². The van der Waals surface area contributed by atoms with E-state index in [-0.39, 0.29) is 122 Å². The number of aliphatic imine (C=N–C) groups is 2. The molecule has 0 spiro atoms. The molecule has 0 aromatic heterocycles. The van der Waals surface area contributed by atoms with Gasteiger partial charge in [-0.05, 0) is 111 Å². The van der Waals surface area contributed by atoms with Gasteiger partial charge in [0.2, 0.25) is 0 Å². The normalized spacial score (nSPS) is 15.6. The van der Waals surface area contributed by atoms with Gasteiger partial charge in [0.1, 0.15) is 23.0 Å². The Bertz CT molecular complexity index is 3350. The van der Waals surface area contributed by atoms with E-state index < -0.39 is 75.3 Å². The Balaban J connectivity index is 1.26. The maximum Gasteiger partial charge on any atom is 0.344 e. The highest BCUT2D eigenvalue weighted by atomic mass is 16.6. The zero-order valence-corrected chi connectivity index (χ0v) is 50.6. The first-order valence-electron chi connectivity index (χ1n) is 29.9. The molecule has 14 bridgehead atoms. The highest BCUT2D eigenvalue weighted by Gasteiger charge is 2.28. The molecule has 2 amide bonds. The predicted octanol–water partition coefficient (Wildman–Crippen LogP) is 8.74. The van der Waals surface area contributed by atoms with Gasteiger partial charge in [0.15, 0.2) is 62.6 Å². The molecule has 4 N–H and O–H groups in total. The molecule has 4 aliphatic rings. The molecule has 2 aliphatic heterocycles. The molecule has 2 aliphatic carbocycles. The smallest absolute Gasteiger partial charge is 0.344 e. The summed E-state index contributed by atoms with van der Waals surface area (Å²) in [6.45, 7) is 3.72. The number of para-hydroxylation sites is 4. The number of carbonyl (C=O) groups excluding carboxylic acids is 6. The van der Waals surface area contributed by atoms with E-state index in [1.807, 2.05) is 0 Å². The lowest BCUT2D eigenvalue weighted by Gasteiger charge is -2.25. The second-order valence-electron chi connectivity index (χ2n) is 21.2. The fraction of sp³-hybridized carbons (Fsp3) is 0.353. The number of anilines is 2. The van der Waals surface area contributed by atoms with E-state index in [1.54, 1.807) is 125 Å². The molecule has 22 heteroatoms. The van der Waals surface area contributed by atoms with Crippen LogP contribution in [0.4, 0.5) is 11.4 Å². The first-order valence-corrected chi connectivity index (χ1v) is 29.9. The van der Waals surface area contributed by atoms with Crippen molar-refractivity contribution in [2.24, 2.45) is 9.98 Å². The number of carbonyl (C=O) groups is 6. The number of hydrogen-bond donors (Lipinski definition) is 4. The van der Waals surface area contributed by atoms with E-state index in [1.165, 1.54) is 12.1 Å². The van der Waals surface area contributed by atoms with Gasteiger partial charge in [-0.15, -0.1) is 0 Å². The van der Waals surface area contributed by atoms with Gasteiger partial charge in [-0.3, -0.25) is 19.6 Å². The standard InChI is InChI=1S/C68H72N4O18/c1-5-81-59(75)37-87-65-41-15-11-16-42(65)26-48-30-52-32-50(68(48)90-40-62(78)84-8-4)28-44-18-12-17-43(66(44)88-38-60(76)82-6-2)27-49-31-51(29-47(25-41)67(49)89-39-61(77)83-7-3)71-57(73)35-85-55-23-13-19-45(63(55)79)33-69-53-21-9-10-22-54(53)70-34-46-20-14-24-56(64(46)80)86-36-58(74)72-52/h11-20,23-24,29-34,53-54,79-80H,5-10,21-22,25-28,35-40H2,1-4H3,(H,71,73)(H,72,74). The third-order valence-corrected chi connectivity index (χ3v) is 14.8. The summed E-state index contributed by atoms with van der Waals surface area (Å²) in [6, 6.07) is 26.5. The van der Waals surface area contributed by atoms with Crippen LogP contribution in [-0.2, 0) is 73.4 Å². The molecular formula is C68H72N4O18. The van der Waals surface area contributed by atoms with Crippen molar-refractivity contribution in [1.82, 2.24) is 0 Å². The molecule has 472 valence electrons. The topological polar surface area (TPSA) is 284 Å². The lowest BCUT2D eigenvalue weighted by Crippen LogP contribution is -2.27. The van der Waals surface area contributed by atoms with Crippen molar-refractivity contribution in [3.8, 4) is 46.0 Å². The second-order valence-corrected chi connectivity index (χ2v) is 21.2. The van der Waals surface area contributed by atoms with Gasteiger partial charge < -0.3 is 68.2 Å². The molecule has 0 saturated heterocycles. The van der Waals surface area contributed by atoms with Gasteiger partial charge in [-0.25, -0.2) is 19.2 Å². The number of esters is 4. The van der Waals surface area contributed by atoms with E-state index in [9.17, 15) is 39.0 Å². The molecule has 2 heterocycles. The Hall–Kier alpha value is -10.1. The number of rotatable bonds is 16. The molecule has 1 saturated carbocycles. The molecule has 10 rings (SSSR count). The van der Waals surface area contributed by atoms with Crippen LogP contribution >= 0.6 is 0 Å². The average Bonchev–Trinajstić information content (AvgIpc) is 0.824. The number of hydrogen-bond acceptors (Lipinski definition) is 20. The predicted molar refractivity (Wildman–Crippen MR) is 331 cm³/mol. The van der Waals surface area contributed by atoms with Crippen LogP contribution in [0, 0.1) is 0 Å². The zero-order chi connectivity index (χ0) is 63.5. The summed E-state index contributed by atoms with van der Waals surface area (Å²) in [5, 5.41) is 29.0. The second kappa shape index (κ2) is 31.2. The Kier molecular flexibility index (Phi) is 22.3. The van der Waals surface area contributed by atoms with E-state index in [2.05, 4.69) is 10.6 Å². The van der Waals surface area contributed by atoms with Crippen molar-refractivity contribution in [1.29, 1.82) is 0 Å². The van der Waals surface area contributed by atoms with Crippen molar-refractivity contribution in [2.75, 3.05) is 76.7 Å². The number of nitrogens with one attached hydrogen (secondary N) is 2. The molecule has 22 nitrogen and oxygen atoms in total. The highest BCUT2D eigenvalue weighted by molar-refractivity contribution is 5.94. The summed E-state index contributed by atoms with van der Waals surface area (Å²) in [5.74, 6) is -3.47. The minimum atomic E-state index is -0.666. The van der Waals surface area contributed by atoms with Crippen LogP contribution in [-0.4, -0.2) is 136 Å². The summed E-state index contributed by atoms with van der Waals surface area (Å²) in [5.41, 5.74) is 4.85. The third-order valence-electron chi connectivity index (χ3n) is 14.8. The molecule has 1 fully saturated rings. The van der Waals surface area contributed by atoms with Crippen LogP contribution in [0.1, 0.15) is 109 Å². The maximum atomic E-state index is 14.2. The highest BCUT2D eigenvalue weighted by Crippen LogP contribution is 2.42. The van der Waals surface area contributed by atoms with Gasteiger partial charge in [0, 0.05) is 82.9 Å². The lowest BCUT2D eigenvalue weighted by molar-refractivity contribution is -0.146. The average molecular weight is 1230 g/mol. The number of phenols is 2. The third kappa shape index (κ3) is 16.9. The first-order chi connectivity index (χ1) is 43.7. The summed E-state index contributed by atoms with van der Waals surface area (Å²) in [6.07, 6.45) is 6.18. The van der Waals surface area contributed by atoms with Gasteiger partial charge in [-0.2, -0.15) is 0 Å². The molecule has 2 unspecified atom stereocenters. The number of ether oxygens (including phenoxy) is 10. The minimum absolute atomic E-state index is 0.0144. The largest absolute Gasteiger partial charge is 0.504 e. The van der Waals surface area contributed by atoms with Crippen LogP contribution < -0.4 is 39.1 Å². The summed E-state index contributed by atoms with van der Waals surface area (Å²) in [4.78, 5) is 91.0. The van der Waals surface area contributed by atoms with Gasteiger partial charge in [-0.1, -0.05) is 61.4 Å². The molecule has 0 radical (unpaired) electrons. The van der Waals surface area contributed by atoms with Crippen molar-refractivity contribution in [3.63, 3.8) is 0 Å². The molecule has 6 aromatic carbocycles. The number of fused-ring (bicyclic) bond motifs is 6. The summed E-state index contributed by atoms with van der Waals surface area (Å²) in [7, 11) is 0. The number of phenolic OH excluding ortho intramolecular Hbond substituents is 2. The molecule has 90 heavy (non-hydrogen) atoms. The quantitative estimate of drug-likeness (QED) is 0.0519. The van der Waals surface area contributed by atoms with Gasteiger partial charge >= 0.3 is 23.9 Å². The van der Waals surface area contributed by atoms with Crippen LogP contribution in [0.2, 0.25) is 0 Å². The van der Waals surface area contributed by atoms with E-state index in [4.69, 9.17) is 57.4 Å². The molecular weight excluding hydrogens is 1160 g/mol. The number of amides is 2. The van der Waals surface area contributed by atoms with Crippen molar-refractivity contribution >= 4 is 59.5 Å². The van der Waals surface area contributed by atoms with Crippen LogP contribution in [0.5, 0.6) is 46.0 Å². The number of nitrogens with zero attached hydrogens (tertiary/aromatic N) is 2.